The van der Waals surface area contributed by atoms with Crippen molar-refractivity contribution in [2.45, 2.75) is 235 Å². The number of carbonyl (C=O) groups excluding carboxylic acids is 12. The zero-order chi connectivity index (χ0) is 71.3. The van der Waals surface area contributed by atoms with Gasteiger partial charge in [0, 0.05) is 62.8 Å². The summed E-state index contributed by atoms with van der Waals surface area (Å²) >= 11 is 0. The van der Waals surface area contributed by atoms with Crippen molar-refractivity contribution in [2.75, 3.05) is 69.6 Å². The first-order valence-corrected chi connectivity index (χ1v) is 33.0. The first kappa shape index (κ1) is 83.5. The molecule has 0 saturated carbocycles. The summed E-state index contributed by atoms with van der Waals surface area (Å²) < 4.78 is 5.85. The summed E-state index contributed by atoms with van der Waals surface area (Å²) in [6, 6.07) is -14.3. The van der Waals surface area contributed by atoms with Gasteiger partial charge in [-0.2, -0.15) is 0 Å². The normalized spacial score (nSPS) is 26.7. The summed E-state index contributed by atoms with van der Waals surface area (Å²) in [6.07, 6.45) is 3.31. The molecule has 92 heavy (non-hydrogen) atoms. The second kappa shape index (κ2) is 38.6. The van der Waals surface area contributed by atoms with Gasteiger partial charge in [0.05, 0.1) is 19.3 Å². The van der Waals surface area contributed by atoms with Crippen LogP contribution in [0.2, 0.25) is 0 Å². The minimum atomic E-state index is -1.66. The Morgan fingerprint density at radius 3 is 1.26 bits per heavy atom. The van der Waals surface area contributed by atoms with Crippen LogP contribution in [0.5, 0.6) is 0 Å². The molecular weight excluding hydrogens is 1180 g/mol. The number of hydrogen-bond acceptors (Lipinski definition) is 14. The second-order valence-electron chi connectivity index (χ2n) is 27.7. The number of aldehydes is 1. The molecule has 0 aromatic carbocycles. The van der Waals surface area contributed by atoms with Crippen molar-refractivity contribution in [1.82, 2.24) is 55.1 Å². The van der Waals surface area contributed by atoms with Crippen molar-refractivity contribution in [3.8, 4) is 0 Å². The number of aliphatic hydroxyl groups excluding tert-OH is 1. The fourth-order valence-corrected chi connectivity index (χ4v) is 11.7. The van der Waals surface area contributed by atoms with E-state index in [0.717, 1.165) is 14.7 Å². The molecule has 25 nitrogen and oxygen atoms in total. The van der Waals surface area contributed by atoms with Crippen LogP contribution in [0.25, 0.3) is 0 Å². The van der Waals surface area contributed by atoms with E-state index in [-0.39, 0.29) is 75.2 Å². The predicted molar refractivity (Wildman–Crippen MR) is 353 cm³/mol. The Kier molecular flexibility index (Phi) is 35.1. The lowest BCUT2D eigenvalue weighted by atomic mass is 9.91. The molecule has 1 aliphatic heterocycles. The third-order valence-corrected chi connectivity index (χ3v) is 17.5. The van der Waals surface area contributed by atoms with Gasteiger partial charge < -0.3 is 69.8 Å². The average Bonchev–Trinajstić information content (AvgIpc) is 0.822. The molecule has 0 spiro atoms. The van der Waals surface area contributed by atoms with E-state index in [1.54, 1.807) is 60.6 Å². The van der Waals surface area contributed by atoms with E-state index in [0.29, 0.717) is 6.29 Å². The Balaban J connectivity index is 4.58. The Labute approximate surface area is 550 Å². The summed E-state index contributed by atoms with van der Waals surface area (Å²) in [5.41, 5.74) is 0. The molecule has 1 aliphatic rings. The molecule has 11 amide bonds. The van der Waals surface area contributed by atoms with Crippen LogP contribution in [0.1, 0.15) is 163 Å². The van der Waals surface area contributed by atoms with Crippen LogP contribution in [-0.4, -0.2) is 258 Å². The molecule has 1 rings (SSSR count). The fraction of sp³-hybridized carbons (Fsp3) is 0.791. The number of nitrogens with zero attached hydrogens (tertiary/aromatic N) is 8. The van der Waals surface area contributed by atoms with Crippen molar-refractivity contribution in [2.24, 2.45) is 41.4 Å². The van der Waals surface area contributed by atoms with Gasteiger partial charge in [0.2, 0.25) is 65.0 Å². The van der Waals surface area contributed by atoms with Crippen LogP contribution < -0.4 is 16.0 Å². The summed E-state index contributed by atoms with van der Waals surface area (Å²) in [5.74, 6) is -10.4. The minimum absolute atomic E-state index is 0.0374. The molecule has 25 heteroatoms. The number of rotatable bonds is 20. The topological polar surface area (TPSA) is 296 Å². The van der Waals surface area contributed by atoms with Crippen LogP contribution in [0.3, 0.4) is 0 Å². The number of hydrogen-bond donors (Lipinski definition) is 4. The van der Waals surface area contributed by atoms with Gasteiger partial charge in [-0.05, 0) is 101 Å². The number of carbonyl (C=O) groups is 12. The van der Waals surface area contributed by atoms with Crippen LogP contribution in [0, 0.1) is 41.4 Å². The number of likely N-dealkylation sites (N-methyl/N-ethyl adjacent to an activating group) is 8. The molecule has 1 heterocycles. The smallest absolute Gasteiger partial charge is 0.248 e. The number of ether oxygens (including phenoxy) is 1. The number of nitrogens with one attached hydrogen (secondary N) is 3. The van der Waals surface area contributed by atoms with Gasteiger partial charge in [-0.25, -0.2) is 0 Å². The Bertz CT molecular complexity index is 2520. The van der Waals surface area contributed by atoms with Gasteiger partial charge >= 0.3 is 0 Å². The molecule has 0 aromatic rings. The third kappa shape index (κ3) is 22.9. The van der Waals surface area contributed by atoms with Gasteiger partial charge in [0.1, 0.15) is 72.7 Å². The summed E-state index contributed by atoms with van der Waals surface area (Å²) in [5, 5.41) is 20.6. The van der Waals surface area contributed by atoms with E-state index >= 15 is 28.8 Å². The van der Waals surface area contributed by atoms with Gasteiger partial charge in [-0.1, -0.05) is 109 Å². The Morgan fingerprint density at radius 1 is 0.446 bits per heavy atom. The first-order valence-electron chi connectivity index (χ1n) is 33.0. The van der Waals surface area contributed by atoms with Crippen molar-refractivity contribution in [3.63, 3.8) is 0 Å². The molecular formula is C67H119N11O14. The van der Waals surface area contributed by atoms with Gasteiger partial charge in [0.25, 0.3) is 0 Å². The quantitative estimate of drug-likeness (QED) is 0.0770. The lowest BCUT2D eigenvalue weighted by Gasteiger charge is -2.43. The number of aliphatic hydroxyl groups is 1. The van der Waals surface area contributed by atoms with E-state index in [1.165, 1.54) is 94.7 Å². The molecule has 526 valence electrons. The Hall–Kier alpha value is -6.50. The zero-order valence-electron chi connectivity index (χ0n) is 60.4. The van der Waals surface area contributed by atoms with Crippen molar-refractivity contribution < 1.29 is 67.4 Å². The molecule has 0 radical (unpaired) electrons. The summed E-state index contributed by atoms with van der Waals surface area (Å²) in [4.78, 5) is 185. The molecule has 0 unspecified atom stereocenters. The maximum atomic E-state index is 15.4. The average molecular weight is 1300 g/mol. The van der Waals surface area contributed by atoms with E-state index in [1.807, 2.05) is 55.4 Å². The first-order chi connectivity index (χ1) is 42.6. The molecule has 4 N–H and O–H groups in total. The monoisotopic (exact) mass is 1300 g/mol. The van der Waals surface area contributed by atoms with Crippen molar-refractivity contribution in [1.29, 1.82) is 0 Å². The molecule has 1 fully saturated rings. The van der Waals surface area contributed by atoms with Gasteiger partial charge in [-0.15, -0.1) is 0 Å². The highest BCUT2D eigenvalue weighted by atomic mass is 16.5. The van der Waals surface area contributed by atoms with E-state index < -0.39 is 162 Å². The SMILES string of the molecule is C/C=C/C[C@@H](C)[C@@H](O)[C@H]1C(=O)N(C)[C@@H](CC)C(=O)N(C)[C@H](COCCC=O)C(=O)N(C)[C@@H](CC(C)C)C(=O)N[C@@H](C(C)C)C(=O)N(C)[C@@H](CC(C)C)C(=O)N[C@@H](C)C(=O)N[C@H](C)C(=O)N(C)[C@@H](CC(C)C)C(=O)N(C)[C@@H](CC(C)C)C(=O)N(C)[C@@H](C(C)C)C(=O)N1C. The molecule has 13 atom stereocenters. The summed E-state index contributed by atoms with van der Waals surface area (Å²) in [6.45, 7) is 29.1. The maximum Gasteiger partial charge on any atom is 0.248 e. The molecule has 0 bridgehead atoms. The van der Waals surface area contributed by atoms with E-state index in [4.69, 9.17) is 4.74 Å². The lowest BCUT2D eigenvalue weighted by molar-refractivity contribution is -0.161. The highest BCUT2D eigenvalue weighted by molar-refractivity contribution is 6.00. The zero-order valence-corrected chi connectivity index (χ0v) is 60.4. The van der Waals surface area contributed by atoms with Crippen LogP contribution >= 0.6 is 0 Å². The largest absolute Gasteiger partial charge is 0.390 e. The van der Waals surface area contributed by atoms with Crippen molar-refractivity contribution >= 4 is 71.3 Å². The van der Waals surface area contributed by atoms with Gasteiger partial charge in [-0.3, -0.25) is 52.7 Å². The molecule has 0 aliphatic carbocycles. The summed E-state index contributed by atoms with van der Waals surface area (Å²) in [7, 11) is 11.2. The molecule has 0 aromatic heterocycles. The minimum Gasteiger partial charge on any atom is -0.390 e. The van der Waals surface area contributed by atoms with Gasteiger partial charge in [0.15, 0.2) is 0 Å². The standard InChI is InChI=1S/C67H119N11O14/c1-26-28-30-44(15)56(80)55-67(91)71(18)47(27-2)61(85)76(23)52(37-92-32-29-31-79)64(88)72(19)49(34-39(5)6)59(83)70-53(42(11)12)65(89)73(20)48(33-38(3)4)58(82)68-45(16)57(81)69-46(17)60(84)74(21)50(35-40(7)8)62(86)75(22)51(36-41(9)10)63(87)77(24)54(43(13)14)66(90)78(55)25/h26,28,31,38-56,80H,27,29-30,32-37H2,1-25H3,(H,68,82)(H,69,81)(H,70,83)/b28-26+/t44-,45+,46-,47+,48+,49+,50+,51+,52-,53+,54+,55+,56-/m1/s1. The number of amides is 11. The van der Waals surface area contributed by atoms with Crippen LogP contribution in [-0.2, 0) is 62.3 Å². The number of allylic oxidation sites excluding steroid dienone is 2. The Morgan fingerprint density at radius 2 is 0.815 bits per heavy atom. The molecule has 1 saturated heterocycles. The van der Waals surface area contributed by atoms with E-state index in [9.17, 15) is 33.9 Å². The maximum absolute atomic E-state index is 15.4. The van der Waals surface area contributed by atoms with Crippen LogP contribution in [0.4, 0.5) is 0 Å². The predicted octanol–water partition coefficient (Wildman–Crippen LogP) is 3.59. The highest BCUT2D eigenvalue weighted by Gasteiger charge is 2.47. The highest BCUT2D eigenvalue weighted by Crippen LogP contribution is 2.27. The second-order valence-corrected chi connectivity index (χ2v) is 27.7. The van der Waals surface area contributed by atoms with Crippen LogP contribution in [0.15, 0.2) is 12.2 Å². The third-order valence-electron chi connectivity index (χ3n) is 17.5. The van der Waals surface area contributed by atoms with Crippen molar-refractivity contribution in [3.05, 3.63) is 12.2 Å². The fourth-order valence-electron chi connectivity index (χ4n) is 11.7. The lowest BCUT2D eigenvalue weighted by Crippen LogP contribution is -2.64. The van der Waals surface area contributed by atoms with E-state index in [2.05, 4.69) is 16.0 Å².